The van der Waals surface area contributed by atoms with Crippen molar-refractivity contribution in [1.82, 2.24) is 24.8 Å². The van der Waals surface area contributed by atoms with Crippen LogP contribution in [0.2, 0.25) is 0 Å². The quantitative estimate of drug-likeness (QED) is 0.598. The molecule has 184 valence electrons. The molecule has 35 heavy (non-hydrogen) atoms. The first-order valence-electron chi connectivity index (χ1n) is 12.7. The van der Waals surface area contributed by atoms with Crippen LogP contribution in [0.3, 0.4) is 0 Å². The highest BCUT2D eigenvalue weighted by Crippen LogP contribution is 2.33. The largest absolute Gasteiger partial charge is 0.488 e. The second kappa shape index (κ2) is 9.91. The topological polar surface area (TPSA) is 88.5 Å². The fourth-order valence-electron chi connectivity index (χ4n) is 5.42. The van der Waals surface area contributed by atoms with Crippen LogP contribution in [0.4, 0.5) is 11.5 Å². The van der Waals surface area contributed by atoms with Crippen LogP contribution in [0, 0.1) is 0 Å². The minimum atomic E-state index is 0.170. The van der Waals surface area contributed by atoms with E-state index in [1.807, 2.05) is 0 Å². The molecule has 0 radical (unpaired) electrons. The van der Waals surface area contributed by atoms with E-state index in [0.29, 0.717) is 6.04 Å². The molecule has 2 aliphatic heterocycles. The molecule has 3 aromatic rings. The third-order valence-electron chi connectivity index (χ3n) is 7.40. The van der Waals surface area contributed by atoms with Gasteiger partial charge >= 0.3 is 0 Å². The Labute approximate surface area is 205 Å². The number of rotatable bonds is 5. The van der Waals surface area contributed by atoms with Gasteiger partial charge in [-0.05, 0) is 38.8 Å². The van der Waals surface area contributed by atoms with Crippen LogP contribution in [0.1, 0.15) is 36.9 Å². The lowest BCUT2D eigenvalue weighted by Crippen LogP contribution is -2.36. The molecule has 0 amide bonds. The van der Waals surface area contributed by atoms with Crippen LogP contribution in [-0.2, 0) is 17.7 Å². The summed E-state index contributed by atoms with van der Waals surface area (Å²) in [6, 6.07) is 4.65. The second-order valence-corrected chi connectivity index (χ2v) is 9.84. The van der Waals surface area contributed by atoms with Gasteiger partial charge in [0.25, 0.3) is 0 Å². The Morgan fingerprint density at radius 2 is 1.80 bits per heavy atom. The minimum absolute atomic E-state index is 0.170. The summed E-state index contributed by atoms with van der Waals surface area (Å²) >= 11 is 0. The molecule has 1 aromatic carbocycles. The van der Waals surface area contributed by atoms with Crippen LogP contribution in [0.25, 0.3) is 11.0 Å². The van der Waals surface area contributed by atoms with E-state index in [1.165, 1.54) is 11.3 Å². The third kappa shape index (κ3) is 4.88. The van der Waals surface area contributed by atoms with Gasteiger partial charge in [0.05, 0.1) is 30.5 Å². The SMILES string of the molecule is CN1CCc2ncnc(NC3CCC(Oc4cc(N5CCOCC5)cc5nccnc45)CC3)c2C1. The molecule has 0 spiro atoms. The van der Waals surface area contributed by atoms with Gasteiger partial charge in [0.2, 0.25) is 0 Å². The lowest BCUT2D eigenvalue weighted by Gasteiger charge is -2.32. The Bertz CT molecular complexity index is 1180. The van der Waals surface area contributed by atoms with Crippen molar-refractivity contribution in [2.75, 3.05) is 50.1 Å². The number of hydrogen-bond donors (Lipinski definition) is 1. The number of fused-ring (bicyclic) bond motifs is 2. The summed E-state index contributed by atoms with van der Waals surface area (Å²) in [5, 5.41) is 3.72. The summed E-state index contributed by atoms with van der Waals surface area (Å²) in [6.45, 7) is 5.21. The summed E-state index contributed by atoms with van der Waals surface area (Å²) in [6.07, 6.45) is 10.4. The third-order valence-corrected chi connectivity index (χ3v) is 7.40. The Hall–Kier alpha value is -3.04. The van der Waals surface area contributed by atoms with Gasteiger partial charge in [-0.25, -0.2) is 15.0 Å². The average Bonchev–Trinajstić information content (AvgIpc) is 2.90. The molecule has 6 rings (SSSR count). The molecule has 1 saturated heterocycles. The Morgan fingerprint density at radius 3 is 2.66 bits per heavy atom. The zero-order valence-electron chi connectivity index (χ0n) is 20.3. The Kier molecular flexibility index (Phi) is 6.35. The van der Waals surface area contributed by atoms with Crippen molar-refractivity contribution in [2.24, 2.45) is 0 Å². The minimum Gasteiger partial charge on any atom is -0.488 e. The number of likely N-dealkylation sites (N-methyl/N-ethyl adjacent to an activating group) is 1. The van der Waals surface area contributed by atoms with E-state index in [9.17, 15) is 0 Å². The fourth-order valence-corrected chi connectivity index (χ4v) is 5.42. The van der Waals surface area contributed by atoms with E-state index in [2.05, 4.69) is 54.2 Å². The maximum atomic E-state index is 6.58. The first-order chi connectivity index (χ1) is 17.2. The van der Waals surface area contributed by atoms with Crippen molar-refractivity contribution in [3.05, 3.63) is 42.1 Å². The molecule has 3 aliphatic rings. The number of ether oxygens (including phenoxy) is 2. The van der Waals surface area contributed by atoms with Gasteiger partial charge < -0.3 is 24.6 Å². The van der Waals surface area contributed by atoms with E-state index in [0.717, 1.165) is 99.8 Å². The van der Waals surface area contributed by atoms with Crippen molar-refractivity contribution < 1.29 is 9.47 Å². The van der Waals surface area contributed by atoms with E-state index in [4.69, 9.17) is 9.47 Å². The number of morpholine rings is 1. The summed E-state index contributed by atoms with van der Waals surface area (Å²) in [5.74, 6) is 1.84. The predicted octanol–water partition coefficient (Wildman–Crippen LogP) is 3.05. The van der Waals surface area contributed by atoms with Crippen molar-refractivity contribution in [3.8, 4) is 5.75 Å². The van der Waals surface area contributed by atoms with Crippen molar-refractivity contribution in [3.63, 3.8) is 0 Å². The van der Waals surface area contributed by atoms with Gasteiger partial charge in [0, 0.05) is 68.4 Å². The zero-order valence-corrected chi connectivity index (χ0v) is 20.3. The van der Waals surface area contributed by atoms with Crippen molar-refractivity contribution >= 4 is 22.5 Å². The number of nitrogens with one attached hydrogen (secondary N) is 1. The van der Waals surface area contributed by atoms with Gasteiger partial charge in [-0.1, -0.05) is 0 Å². The molecule has 0 atom stereocenters. The molecular formula is C26H33N7O2. The number of benzene rings is 1. The fraction of sp³-hybridized carbons (Fsp3) is 0.538. The normalized spacial score (nSPS) is 23.2. The van der Waals surface area contributed by atoms with Gasteiger partial charge in [-0.15, -0.1) is 0 Å². The van der Waals surface area contributed by atoms with Crippen LogP contribution >= 0.6 is 0 Å². The number of anilines is 2. The van der Waals surface area contributed by atoms with Crippen LogP contribution < -0.4 is 15.0 Å². The summed E-state index contributed by atoms with van der Waals surface area (Å²) in [5.41, 5.74) is 5.28. The maximum absolute atomic E-state index is 6.58. The van der Waals surface area contributed by atoms with Crippen LogP contribution in [-0.4, -0.2) is 76.9 Å². The van der Waals surface area contributed by atoms with Gasteiger partial charge in [-0.3, -0.25) is 4.98 Å². The molecule has 1 aliphatic carbocycles. The molecular weight excluding hydrogens is 442 g/mol. The van der Waals surface area contributed by atoms with Gasteiger partial charge in [0.15, 0.2) is 0 Å². The summed E-state index contributed by atoms with van der Waals surface area (Å²) in [7, 11) is 2.16. The Balaban J connectivity index is 1.14. The molecule has 2 fully saturated rings. The van der Waals surface area contributed by atoms with Crippen LogP contribution in [0.5, 0.6) is 5.75 Å². The maximum Gasteiger partial charge on any atom is 0.149 e. The van der Waals surface area contributed by atoms with Crippen molar-refractivity contribution in [2.45, 2.75) is 50.8 Å². The molecule has 9 nitrogen and oxygen atoms in total. The van der Waals surface area contributed by atoms with E-state index >= 15 is 0 Å². The molecule has 0 bridgehead atoms. The molecule has 4 heterocycles. The molecule has 1 saturated carbocycles. The Morgan fingerprint density at radius 1 is 0.971 bits per heavy atom. The lowest BCUT2D eigenvalue weighted by atomic mass is 9.92. The number of hydrogen-bond acceptors (Lipinski definition) is 9. The van der Waals surface area contributed by atoms with Crippen LogP contribution in [0.15, 0.2) is 30.9 Å². The van der Waals surface area contributed by atoms with E-state index < -0.39 is 0 Å². The van der Waals surface area contributed by atoms with E-state index in [-0.39, 0.29) is 6.10 Å². The van der Waals surface area contributed by atoms with Gasteiger partial charge in [-0.2, -0.15) is 0 Å². The number of nitrogens with zero attached hydrogens (tertiary/aromatic N) is 6. The highest BCUT2D eigenvalue weighted by atomic mass is 16.5. The molecule has 1 N–H and O–H groups in total. The van der Waals surface area contributed by atoms with E-state index in [1.54, 1.807) is 18.7 Å². The molecule has 2 aromatic heterocycles. The zero-order chi connectivity index (χ0) is 23.6. The predicted molar refractivity (Wildman–Crippen MR) is 135 cm³/mol. The highest BCUT2D eigenvalue weighted by Gasteiger charge is 2.26. The summed E-state index contributed by atoms with van der Waals surface area (Å²) in [4.78, 5) is 22.9. The smallest absolute Gasteiger partial charge is 0.149 e. The number of aromatic nitrogens is 4. The molecule has 9 heteroatoms. The average molecular weight is 476 g/mol. The first kappa shape index (κ1) is 22.4. The molecule has 0 unspecified atom stereocenters. The standard InChI is InChI=1S/C26H33N7O2/c1-32-9-6-22-21(16-32)26(30-17-29-22)31-18-2-4-20(5-3-18)35-24-15-19(33-10-12-34-13-11-33)14-23-25(24)28-8-7-27-23/h7-8,14-15,17-18,20H,2-6,9-13,16H2,1H3,(H,29,30,31). The second-order valence-electron chi connectivity index (χ2n) is 9.84. The highest BCUT2D eigenvalue weighted by molar-refractivity contribution is 5.85. The monoisotopic (exact) mass is 475 g/mol. The first-order valence-corrected chi connectivity index (χ1v) is 12.7. The lowest BCUT2D eigenvalue weighted by molar-refractivity contribution is 0.122. The summed E-state index contributed by atoms with van der Waals surface area (Å²) < 4.78 is 12.1. The van der Waals surface area contributed by atoms with Crippen molar-refractivity contribution in [1.29, 1.82) is 0 Å². The van der Waals surface area contributed by atoms with Gasteiger partial charge in [0.1, 0.15) is 23.4 Å².